The molecule has 0 saturated heterocycles. The Labute approximate surface area is 183 Å². The van der Waals surface area contributed by atoms with Crippen molar-refractivity contribution in [2.24, 2.45) is 0 Å². The summed E-state index contributed by atoms with van der Waals surface area (Å²) >= 11 is 5.96. The standard InChI is InChI=1S/C20H13ClF3N5O3/c1-10-6-15(17(31-10)20(22,23)24)29-19(30)28-12-3-5-16(25-8-12)32-18-13-4-2-11(21)7-14(13)26-9-27-18/h2-9H,1H3,(H2,28,29,30). The lowest BCUT2D eigenvalue weighted by molar-refractivity contribution is -0.152. The molecule has 0 unspecified atom stereocenters. The number of carbonyl (C=O) groups excluding carboxylic acids is 1. The largest absolute Gasteiger partial charge is 0.455 e. The van der Waals surface area contributed by atoms with Crippen LogP contribution in [0.5, 0.6) is 11.8 Å². The molecule has 0 atom stereocenters. The Morgan fingerprint density at radius 2 is 1.91 bits per heavy atom. The first-order valence-electron chi connectivity index (χ1n) is 8.99. The highest BCUT2D eigenvalue weighted by molar-refractivity contribution is 6.31. The van der Waals surface area contributed by atoms with E-state index < -0.39 is 23.7 Å². The molecular weight excluding hydrogens is 451 g/mol. The van der Waals surface area contributed by atoms with Crippen LogP contribution in [-0.4, -0.2) is 21.0 Å². The van der Waals surface area contributed by atoms with Crippen molar-refractivity contribution in [2.45, 2.75) is 13.1 Å². The molecular formula is C20H13ClF3N5O3. The summed E-state index contributed by atoms with van der Waals surface area (Å²) in [6.07, 6.45) is -2.14. The number of furan rings is 1. The van der Waals surface area contributed by atoms with Gasteiger partial charge in [0.25, 0.3) is 0 Å². The zero-order valence-corrected chi connectivity index (χ0v) is 17.0. The first-order valence-corrected chi connectivity index (χ1v) is 9.36. The second-order valence-electron chi connectivity index (χ2n) is 6.50. The van der Waals surface area contributed by atoms with Crippen LogP contribution >= 0.6 is 11.6 Å². The van der Waals surface area contributed by atoms with Crippen molar-refractivity contribution in [3.05, 3.63) is 65.5 Å². The molecule has 0 spiro atoms. The third-order valence-corrected chi connectivity index (χ3v) is 4.35. The number of hydrogen-bond donors (Lipinski definition) is 2. The fourth-order valence-electron chi connectivity index (χ4n) is 2.80. The molecule has 0 aliphatic rings. The number of anilines is 2. The molecule has 32 heavy (non-hydrogen) atoms. The topological polar surface area (TPSA) is 102 Å². The minimum atomic E-state index is -4.74. The predicted molar refractivity (Wildman–Crippen MR) is 110 cm³/mol. The van der Waals surface area contributed by atoms with Crippen molar-refractivity contribution in [1.82, 2.24) is 15.0 Å². The Kier molecular flexibility index (Phi) is 5.57. The molecule has 0 radical (unpaired) electrons. The number of aryl methyl sites for hydroxylation is 1. The van der Waals surface area contributed by atoms with E-state index in [1.807, 2.05) is 0 Å². The van der Waals surface area contributed by atoms with E-state index in [0.29, 0.717) is 15.9 Å². The molecule has 2 amide bonds. The van der Waals surface area contributed by atoms with Crippen molar-refractivity contribution in [1.29, 1.82) is 0 Å². The molecule has 4 rings (SSSR count). The van der Waals surface area contributed by atoms with E-state index in [9.17, 15) is 18.0 Å². The lowest BCUT2D eigenvalue weighted by atomic mass is 10.2. The van der Waals surface area contributed by atoms with Gasteiger partial charge in [-0.15, -0.1) is 0 Å². The lowest BCUT2D eigenvalue weighted by Crippen LogP contribution is -2.21. The van der Waals surface area contributed by atoms with Crippen molar-refractivity contribution < 1.29 is 27.1 Å². The van der Waals surface area contributed by atoms with Gasteiger partial charge in [-0.05, 0) is 31.2 Å². The predicted octanol–water partition coefficient (Wildman–Crippen LogP) is 6.03. The number of fused-ring (bicyclic) bond motifs is 1. The lowest BCUT2D eigenvalue weighted by Gasteiger charge is -2.10. The average Bonchev–Trinajstić information content (AvgIpc) is 3.10. The van der Waals surface area contributed by atoms with E-state index in [1.54, 1.807) is 18.2 Å². The summed E-state index contributed by atoms with van der Waals surface area (Å²) in [7, 11) is 0. The fourth-order valence-corrected chi connectivity index (χ4v) is 2.97. The number of alkyl halides is 3. The number of nitrogens with zero attached hydrogens (tertiary/aromatic N) is 3. The maximum Gasteiger partial charge on any atom is 0.451 e. The average molecular weight is 464 g/mol. The molecule has 8 nitrogen and oxygen atoms in total. The summed E-state index contributed by atoms with van der Waals surface area (Å²) in [6, 6.07) is 8.15. The van der Waals surface area contributed by atoms with Gasteiger partial charge >= 0.3 is 12.2 Å². The van der Waals surface area contributed by atoms with Crippen molar-refractivity contribution in [3.63, 3.8) is 0 Å². The van der Waals surface area contributed by atoms with Gasteiger partial charge < -0.3 is 19.8 Å². The maximum atomic E-state index is 13.0. The van der Waals surface area contributed by atoms with E-state index >= 15 is 0 Å². The summed E-state index contributed by atoms with van der Waals surface area (Å²) in [4.78, 5) is 24.4. The third kappa shape index (κ3) is 4.72. The van der Waals surface area contributed by atoms with Crippen LogP contribution in [0, 0.1) is 6.92 Å². The second-order valence-corrected chi connectivity index (χ2v) is 6.94. The van der Waals surface area contributed by atoms with Gasteiger partial charge in [0.05, 0.1) is 28.5 Å². The SMILES string of the molecule is Cc1cc(NC(=O)Nc2ccc(Oc3ncnc4cc(Cl)ccc34)nc2)c(C(F)(F)F)o1. The first-order chi connectivity index (χ1) is 15.2. The number of ether oxygens (including phenoxy) is 1. The number of halogens is 4. The van der Waals surface area contributed by atoms with Crippen molar-refractivity contribution in [2.75, 3.05) is 10.6 Å². The monoisotopic (exact) mass is 463 g/mol. The smallest absolute Gasteiger partial charge is 0.451 e. The highest BCUT2D eigenvalue weighted by Crippen LogP contribution is 2.37. The van der Waals surface area contributed by atoms with E-state index in [2.05, 4.69) is 30.0 Å². The van der Waals surface area contributed by atoms with Gasteiger partial charge in [0.2, 0.25) is 17.5 Å². The number of rotatable bonds is 4. The third-order valence-electron chi connectivity index (χ3n) is 4.12. The van der Waals surface area contributed by atoms with Crippen LogP contribution in [0.1, 0.15) is 11.5 Å². The molecule has 3 heterocycles. The zero-order chi connectivity index (χ0) is 22.9. The summed E-state index contributed by atoms with van der Waals surface area (Å²) < 4.78 is 49.2. The number of carbonyl (C=O) groups is 1. The van der Waals surface area contributed by atoms with Crippen LogP contribution in [0.15, 0.2) is 53.3 Å². The van der Waals surface area contributed by atoms with Gasteiger partial charge in [-0.25, -0.2) is 19.7 Å². The first kappa shape index (κ1) is 21.4. The van der Waals surface area contributed by atoms with E-state index in [-0.39, 0.29) is 23.2 Å². The molecule has 12 heteroatoms. The molecule has 3 aromatic heterocycles. The number of nitrogens with one attached hydrogen (secondary N) is 2. The zero-order valence-electron chi connectivity index (χ0n) is 16.2. The Morgan fingerprint density at radius 1 is 1.09 bits per heavy atom. The molecule has 2 N–H and O–H groups in total. The summed E-state index contributed by atoms with van der Waals surface area (Å²) in [5.74, 6) is -0.843. The number of urea groups is 1. The van der Waals surface area contributed by atoms with Crippen LogP contribution in [0.3, 0.4) is 0 Å². The molecule has 0 fully saturated rings. The molecule has 164 valence electrons. The Balaban J connectivity index is 1.44. The minimum absolute atomic E-state index is 0.00955. The van der Waals surface area contributed by atoms with Crippen molar-refractivity contribution in [3.8, 4) is 11.8 Å². The van der Waals surface area contributed by atoms with Crippen LogP contribution in [0.25, 0.3) is 10.9 Å². The van der Waals surface area contributed by atoms with Gasteiger partial charge in [0, 0.05) is 17.2 Å². The highest BCUT2D eigenvalue weighted by atomic mass is 35.5. The van der Waals surface area contributed by atoms with Crippen LogP contribution < -0.4 is 15.4 Å². The summed E-state index contributed by atoms with van der Waals surface area (Å²) in [6.45, 7) is 1.34. The minimum Gasteiger partial charge on any atom is -0.455 e. The van der Waals surface area contributed by atoms with Gasteiger partial charge in [0.1, 0.15) is 12.1 Å². The molecule has 0 aliphatic heterocycles. The van der Waals surface area contributed by atoms with Crippen LogP contribution in [0.4, 0.5) is 29.3 Å². The molecule has 0 bridgehead atoms. The van der Waals surface area contributed by atoms with E-state index in [4.69, 9.17) is 16.3 Å². The molecule has 0 saturated carbocycles. The summed E-state index contributed by atoms with van der Waals surface area (Å²) in [5, 5.41) is 5.64. The molecule has 4 aromatic rings. The Bertz CT molecular complexity index is 1290. The van der Waals surface area contributed by atoms with Gasteiger partial charge in [-0.2, -0.15) is 13.2 Å². The van der Waals surface area contributed by atoms with Crippen molar-refractivity contribution >= 4 is 39.9 Å². The van der Waals surface area contributed by atoms with Gasteiger partial charge in [-0.3, -0.25) is 0 Å². The van der Waals surface area contributed by atoms with Crippen LogP contribution in [0.2, 0.25) is 5.02 Å². The number of aromatic nitrogens is 3. The number of pyridine rings is 1. The van der Waals surface area contributed by atoms with Gasteiger partial charge in [0.15, 0.2) is 0 Å². The van der Waals surface area contributed by atoms with Gasteiger partial charge in [-0.1, -0.05) is 11.6 Å². The summed E-state index contributed by atoms with van der Waals surface area (Å²) in [5.41, 5.74) is 0.323. The molecule has 0 aliphatic carbocycles. The highest BCUT2D eigenvalue weighted by Gasteiger charge is 2.38. The van der Waals surface area contributed by atoms with E-state index in [1.165, 1.54) is 31.6 Å². The number of amides is 2. The van der Waals surface area contributed by atoms with Crippen LogP contribution in [-0.2, 0) is 6.18 Å². The number of hydrogen-bond acceptors (Lipinski definition) is 6. The Morgan fingerprint density at radius 3 is 2.62 bits per heavy atom. The maximum absolute atomic E-state index is 13.0. The second kappa shape index (κ2) is 8.35. The number of benzene rings is 1. The normalized spacial score (nSPS) is 11.4. The fraction of sp³-hybridized carbons (Fsp3) is 0.100. The van der Waals surface area contributed by atoms with E-state index in [0.717, 1.165) is 6.07 Å². The molecule has 1 aromatic carbocycles. The quantitative estimate of drug-likeness (QED) is 0.383. The Hall–Kier alpha value is -3.86.